The highest BCUT2D eigenvalue weighted by Gasteiger charge is 2.12. The van der Waals surface area contributed by atoms with Gasteiger partial charge in [0.25, 0.3) is 0 Å². The molecule has 0 radical (unpaired) electrons. The highest BCUT2D eigenvalue weighted by atomic mass is 16.5. The Labute approximate surface area is 327 Å². The Balaban J connectivity index is 2.16. The van der Waals surface area contributed by atoms with Crippen LogP contribution in [-0.4, -0.2) is 44.9 Å². The molecule has 0 saturated heterocycles. The van der Waals surface area contributed by atoms with E-state index in [2.05, 4.69) is 85.2 Å². The van der Waals surface area contributed by atoms with Crippen LogP contribution in [0, 0.1) is 0 Å². The van der Waals surface area contributed by atoms with Gasteiger partial charge in [-0.3, -0.25) is 4.79 Å². The summed E-state index contributed by atoms with van der Waals surface area (Å²) in [6, 6.07) is 10.2. The van der Waals surface area contributed by atoms with Gasteiger partial charge in [0.05, 0.1) is 19.3 Å². The second kappa shape index (κ2) is 40.7. The minimum atomic E-state index is -0.115. The molecular weight excluding hydrogens is 653 g/mol. The number of allylic oxidation sites excluding steroid dienone is 8. The third kappa shape index (κ3) is 36.3. The normalized spacial score (nSPS) is 12.6. The lowest BCUT2D eigenvalue weighted by Gasteiger charge is -2.19. The molecule has 0 aromatic heterocycles. The molecule has 1 unspecified atom stereocenters. The topological polar surface area (TPSA) is 59.6 Å². The summed E-state index contributed by atoms with van der Waals surface area (Å²) in [4.78, 5) is 12.5. The van der Waals surface area contributed by atoms with Gasteiger partial charge in [-0.2, -0.15) is 0 Å². The monoisotopic (exact) mass is 735 g/mol. The van der Waals surface area contributed by atoms with Crippen LogP contribution in [0.2, 0.25) is 0 Å². The summed E-state index contributed by atoms with van der Waals surface area (Å²) in [5, 5.41) is 6.30. The van der Waals surface area contributed by atoms with Gasteiger partial charge in [-0.25, -0.2) is 0 Å². The number of hydrogen-bond donors (Lipinski definition) is 2. The average molecular weight is 735 g/mol. The van der Waals surface area contributed by atoms with E-state index in [1.807, 2.05) is 18.2 Å². The van der Waals surface area contributed by atoms with Gasteiger partial charge in [-0.1, -0.05) is 170 Å². The van der Waals surface area contributed by atoms with E-state index in [1.54, 1.807) is 0 Å². The maximum atomic E-state index is 12.5. The lowest BCUT2D eigenvalue weighted by atomic mass is 10.1. The number of ether oxygens (including phenoxy) is 2. The first kappa shape index (κ1) is 48.5. The second-order valence-electron chi connectivity index (χ2n) is 14.6. The summed E-state index contributed by atoms with van der Waals surface area (Å²) in [5.74, 6) is -0.00613. The van der Waals surface area contributed by atoms with E-state index in [9.17, 15) is 4.79 Å². The first-order chi connectivity index (χ1) is 26.3. The first-order valence-corrected chi connectivity index (χ1v) is 22.1. The number of hydrogen-bond acceptors (Lipinski definition) is 4. The minimum absolute atomic E-state index is 0.00613. The first-order valence-electron chi connectivity index (χ1n) is 22.1. The summed E-state index contributed by atoms with van der Waals surface area (Å²) < 4.78 is 12.3. The standard InChI is InChI=1S/C48H82N2O3/c1-3-5-7-9-11-13-15-17-19-21-23-25-27-29-31-36-40-52-45-47(43-50-48(51)44-49-42-46-38-34-33-35-39-46)53-41-37-32-30-28-26-24-22-20-18-16-14-12-10-8-6-4-2/h11-14,17-20,33-35,38-39,47,49H,3-10,15-16,21-32,36-37,40-45H2,1-2H3,(H,50,51)/b13-11-,14-12-,19-17-,20-18-. The van der Waals surface area contributed by atoms with Gasteiger partial charge in [0.1, 0.15) is 0 Å². The van der Waals surface area contributed by atoms with Crippen LogP contribution in [-0.2, 0) is 20.8 Å². The van der Waals surface area contributed by atoms with E-state index in [4.69, 9.17) is 9.47 Å². The van der Waals surface area contributed by atoms with Crippen molar-refractivity contribution in [3.63, 3.8) is 0 Å². The van der Waals surface area contributed by atoms with Crippen LogP contribution in [0.1, 0.15) is 174 Å². The predicted octanol–water partition coefficient (Wildman–Crippen LogP) is 12.9. The highest BCUT2D eigenvalue weighted by molar-refractivity contribution is 5.78. The Bertz CT molecular complexity index is 1020. The molecule has 0 heterocycles. The van der Waals surface area contributed by atoms with Crippen molar-refractivity contribution in [1.82, 2.24) is 10.6 Å². The fraction of sp³-hybridized carbons (Fsp3) is 0.688. The maximum Gasteiger partial charge on any atom is 0.234 e. The van der Waals surface area contributed by atoms with Crippen molar-refractivity contribution in [2.45, 2.75) is 181 Å². The number of carbonyl (C=O) groups is 1. The molecule has 0 saturated carbocycles. The molecule has 302 valence electrons. The molecular formula is C48H82N2O3. The van der Waals surface area contributed by atoms with Crippen LogP contribution >= 0.6 is 0 Å². The number of nitrogens with one attached hydrogen (secondary N) is 2. The molecule has 0 spiro atoms. The van der Waals surface area contributed by atoms with E-state index in [-0.39, 0.29) is 12.0 Å². The molecule has 53 heavy (non-hydrogen) atoms. The molecule has 0 bridgehead atoms. The van der Waals surface area contributed by atoms with Crippen LogP contribution < -0.4 is 10.6 Å². The molecule has 0 aliphatic rings. The zero-order chi connectivity index (χ0) is 38.0. The van der Waals surface area contributed by atoms with Crippen molar-refractivity contribution in [1.29, 1.82) is 0 Å². The van der Waals surface area contributed by atoms with Crippen molar-refractivity contribution in [3.05, 3.63) is 84.5 Å². The summed E-state index contributed by atoms with van der Waals surface area (Å²) in [5.41, 5.74) is 1.17. The molecule has 1 atom stereocenters. The Hall–Kier alpha value is -2.47. The molecule has 1 aromatic carbocycles. The number of unbranched alkanes of at least 4 members (excludes halogenated alkanes) is 18. The van der Waals surface area contributed by atoms with Gasteiger partial charge in [0.15, 0.2) is 0 Å². The SMILES string of the molecule is CCCCC/C=C\C/C=C\CCCCCCCCOCC(CNC(=O)CNCc1ccccc1)OCCCCCCCC/C=C\C/C=C\CCCCC. The average Bonchev–Trinajstić information content (AvgIpc) is 3.17. The van der Waals surface area contributed by atoms with Crippen molar-refractivity contribution in [3.8, 4) is 0 Å². The van der Waals surface area contributed by atoms with E-state index >= 15 is 0 Å². The Kier molecular flexibility index (Phi) is 37.3. The molecule has 1 amide bonds. The van der Waals surface area contributed by atoms with Crippen LogP contribution in [0.4, 0.5) is 0 Å². The number of benzene rings is 1. The molecule has 5 heteroatoms. The van der Waals surface area contributed by atoms with E-state index in [0.29, 0.717) is 26.2 Å². The Morgan fingerprint density at radius 3 is 1.58 bits per heavy atom. The van der Waals surface area contributed by atoms with E-state index in [1.165, 1.54) is 134 Å². The van der Waals surface area contributed by atoms with E-state index < -0.39 is 0 Å². The van der Waals surface area contributed by atoms with E-state index in [0.717, 1.165) is 38.9 Å². The highest BCUT2D eigenvalue weighted by Crippen LogP contribution is 2.11. The Morgan fingerprint density at radius 2 is 1.06 bits per heavy atom. The number of carbonyl (C=O) groups excluding carboxylic acids is 1. The molecule has 0 fully saturated rings. The Morgan fingerprint density at radius 1 is 0.585 bits per heavy atom. The van der Waals surface area contributed by atoms with Crippen molar-refractivity contribution >= 4 is 5.91 Å². The molecule has 1 rings (SSSR count). The molecule has 0 aliphatic heterocycles. The predicted molar refractivity (Wildman–Crippen MR) is 230 cm³/mol. The molecule has 5 nitrogen and oxygen atoms in total. The van der Waals surface area contributed by atoms with Crippen LogP contribution in [0.3, 0.4) is 0 Å². The fourth-order valence-corrected chi connectivity index (χ4v) is 6.12. The number of rotatable bonds is 39. The third-order valence-corrected chi connectivity index (χ3v) is 9.48. The smallest absolute Gasteiger partial charge is 0.234 e. The van der Waals surface area contributed by atoms with Crippen LogP contribution in [0.5, 0.6) is 0 Å². The van der Waals surface area contributed by atoms with Gasteiger partial charge >= 0.3 is 0 Å². The zero-order valence-electron chi connectivity index (χ0n) is 34.5. The second-order valence-corrected chi connectivity index (χ2v) is 14.6. The largest absolute Gasteiger partial charge is 0.379 e. The lowest BCUT2D eigenvalue weighted by Crippen LogP contribution is -2.40. The summed E-state index contributed by atoms with van der Waals surface area (Å²) in [6.07, 6.45) is 48.2. The van der Waals surface area contributed by atoms with Crippen molar-refractivity contribution in [2.24, 2.45) is 0 Å². The van der Waals surface area contributed by atoms with Crippen LogP contribution in [0.25, 0.3) is 0 Å². The fourth-order valence-electron chi connectivity index (χ4n) is 6.12. The summed E-state index contributed by atoms with van der Waals surface area (Å²) in [7, 11) is 0. The van der Waals surface area contributed by atoms with Crippen molar-refractivity contribution in [2.75, 3.05) is 32.9 Å². The maximum absolute atomic E-state index is 12.5. The molecule has 0 aliphatic carbocycles. The molecule has 2 N–H and O–H groups in total. The third-order valence-electron chi connectivity index (χ3n) is 9.48. The number of amides is 1. The minimum Gasteiger partial charge on any atom is -0.379 e. The summed E-state index contributed by atoms with van der Waals surface area (Å²) in [6.45, 7) is 7.97. The lowest BCUT2D eigenvalue weighted by molar-refractivity contribution is -0.121. The van der Waals surface area contributed by atoms with Gasteiger partial charge < -0.3 is 20.1 Å². The quantitative estimate of drug-likeness (QED) is 0.0522. The van der Waals surface area contributed by atoms with Gasteiger partial charge in [-0.05, 0) is 82.6 Å². The molecule has 1 aromatic rings. The van der Waals surface area contributed by atoms with Gasteiger partial charge in [0, 0.05) is 26.3 Å². The van der Waals surface area contributed by atoms with Crippen molar-refractivity contribution < 1.29 is 14.3 Å². The summed E-state index contributed by atoms with van der Waals surface area (Å²) >= 11 is 0. The zero-order valence-corrected chi connectivity index (χ0v) is 34.5. The van der Waals surface area contributed by atoms with Gasteiger partial charge in [0.2, 0.25) is 5.91 Å². The van der Waals surface area contributed by atoms with Gasteiger partial charge in [-0.15, -0.1) is 0 Å². The van der Waals surface area contributed by atoms with Crippen LogP contribution in [0.15, 0.2) is 78.9 Å².